The molecule has 3 fully saturated rings. The van der Waals surface area contributed by atoms with Crippen molar-refractivity contribution in [2.45, 2.75) is 116 Å². The van der Waals surface area contributed by atoms with E-state index in [-0.39, 0.29) is 30.6 Å². The molecule has 0 radical (unpaired) electrons. The van der Waals surface area contributed by atoms with Gasteiger partial charge in [-0.3, -0.25) is 4.79 Å². The van der Waals surface area contributed by atoms with Crippen LogP contribution in [0.5, 0.6) is 0 Å². The zero-order chi connectivity index (χ0) is 38.4. The summed E-state index contributed by atoms with van der Waals surface area (Å²) in [6.07, 6.45) is 11.8. The van der Waals surface area contributed by atoms with Crippen LogP contribution in [0.1, 0.15) is 102 Å². The van der Waals surface area contributed by atoms with Crippen LogP contribution in [0.15, 0.2) is 30.7 Å². The summed E-state index contributed by atoms with van der Waals surface area (Å²) in [5.74, 6) is 2.22. The molecule has 2 N–H and O–H groups in total. The number of nitrogens with zero attached hydrogens (tertiary/aromatic N) is 7. The Labute approximate surface area is 319 Å². The summed E-state index contributed by atoms with van der Waals surface area (Å²) in [7, 11) is 1.54. The number of likely N-dealkylation sites (tertiary alicyclic amines) is 2. The number of carbonyl (C=O) groups is 2. The summed E-state index contributed by atoms with van der Waals surface area (Å²) in [6, 6.07) is 3.97. The number of carbonyl (C=O) groups excluding carboxylic acids is 2. The molecule has 0 aliphatic carbocycles. The van der Waals surface area contributed by atoms with Crippen molar-refractivity contribution in [3.63, 3.8) is 0 Å². The molecule has 0 aromatic carbocycles. The van der Waals surface area contributed by atoms with Gasteiger partial charge in [-0.15, -0.1) is 0 Å². The number of fused-ring (bicyclic) bond motifs is 1. The Morgan fingerprint density at radius 2 is 1.76 bits per heavy atom. The molecule has 296 valence electrons. The smallest absolute Gasteiger partial charge is 0.410 e. The Morgan fingerprint density at radius 3 is 2.44 bits per heavy atom. The second-order valence-corrected chi connectivity index (χ2v) is 16.5. The molecule has 3 aliphatic heterocycles. The molecule has 14 heteroatoms. The first kappa shape index (κ1) is 39.6. The summed E-state index contributed by atoms with van der Waals surface area (Å²) in [4.78, 5) is 46.0. The Kier molecular flexibility index (Phi) is 12.9. The predicted molar refractivity (Wildman–Crippen MR) is 209 cm³/mol. The van der Waals surface area contributed by atoms with Crippen LogP contribution < -0.4 is 15.5 Å². The normalized spacial score (nSPS) is 20.8. The van der Waals surface area contributed by atoms with Crippen molar-refractivity contribution in [2.75, 3.05) is 63.1 Å². The van der Waals surface area contributed by atoms with Crippen LogP contribution in [0, 0.1) is 5.92 Å². The van der Waals surface area contributed by atoms with Crippen LogP contribution in [-0.4, -0.2) is 118 Å². The van der Waals surface area contributed by atoms with Crippen molar-refractivity contribution < 1.29 is 23.5 Å². The highest BCUT2D eigenvalue weighted by Gasteiger charge is 2.31. The number of aromatic nitrogens is 4. The number of methoxy groups -OCH3 is 1. The predicted octanol–water partition coefficient (Wildman–Crippen LogP) is 6.73. The number of piperidine rings is 3. The van der Waals surface area contributed by atoms with Crippen molar-refractivity contribution in [1.82, 2.24) is 34.6 Å². The van der Waals surface area contributed by atoms with Crippen LogP contribution in [0.2, 0.25) is 0 Å². The van der Waals surface area contributed by atoms with E-state index in [1.165, 1.54) is 19.3 Å². The third-order valence-corrected chi connectivity index (χ3v) is 11.0. The zero-order valence-corrected chi connectivity index (χ0v) is 33.0. The molecule has 0 unspecified atom stereocenters. The number of rotatable bonds is 12. The number of alkyl halides is 1. The van der Waals surface area contributed by atoms with Gasteiger partial charge in [-0.2, -0.15) is 4.98 Å². The van der Waals surface area contributed by atoms with E-state index in [1.54, 1.807) is 25.6 Å². The maximum absolute atomic E-state index is 14.6. The molecule has 2 atom stereocenters. The van der Waals surface area contributed by atoms with E-state index >= 15 is 0 Å². The number of hydrogen-bond donors (Lipinski definition) is 2. The molecule has 3 aromatic heterocycles. The number of pyridine rings is 1. The topological polar surface area (TPSA) is 130 Å². The monoisotopic (exact) mass is 749 g/mol. The minimum absolute atomic E-state index is 0.0677. The average molecular weight is 750 g/mol. The number of ether oxygens (including phenoxy) is 2. The zero-order valence-electron chi connectivity index (χ0n) is 33.0. The number of unbranched alkanes of at least 4 members (excludes halogenated alkanes) is 1. The lowest BCUT2D eigenvalue weighted by Crippen LogP contribution is -2.46. The average Bonchev–Trinajstić information content (AvgIpc) is 3.53. The maximum Gasteiger partial charge on any atom is 0.410 e. The van der Waals surface area contributed by atoms with Crippen LogP contribution in [-0.2, 0) is 9.47 Å². The molecular weight excluding hydrogens is 689 g/mol. The Morgan fingerprint density at radius 1 is 1.00 bits per heavy atom. The van der Waals surface area contributed by atoms with Gasteiger partial charge >= 0.3 is 6.09 Å². The van der Waals surface area contributed by atoms with Gasteiger partial charge in [0.2, 0.25) is 5.95 Å². The first-order valence-electron chi connectivity index (χ1n) is 19.9. The Bertz CT molecular complexity index is 1710. The minimum Gasteiger partial charge on any atom is -0.444 e. The lowest BCUT2D eigenvalue weighted by atomic mass is 9.91. The molecule has 13 nitrogen and oxygen atoms in total. The largest absolute Gasteiger partial charge is 0.444 e. The van der Waals surface area contributed by atoms with E-state index in [9.17, 15) is 14.0 Å². The summed E-state index contributed by atoms with van der Waals surface area (Å²) >= 11 is 0. The van der Waals surface area contributed by atoms with Gasteiger partial charge in [0.15, 0.2) is 0 Å². The number of nitrogens with one attached hydrogen (secondary N) is 2. The molecule has 6 rings (SSSR count). The van der Waals surface area contributed by atoms with Gasteiger partial charge in [0, 0.05) is 82.0 Å². The molecule has 0 bridgehead atoms. The van der Waals surface area contributed by atoms with E-state index in [1.807, 2.05) is 42.8 Å². The Balaban J connectivity index is 0.963. The van der Waals surface area contributed by atoms with E-state index in [2.05, 4.69) is 48.9 Å². The third-order valence-electron chi connectivity index (χ3n) is 11.0. The van der Waals surface area contributed by atoms with Crippen LogP contribution in [0.4, 0.5) is 26.8 Å². The molecule has 2 amide bonds. The van der Waals surface area contributed by atoms with E-state index in [0.29, 0.717) is 42.0 Å². The van der Waals surface area contributed by atoms with Gasteiger partial charge in [0.05, 0.1) is 23.7 Å². The highest BCUT2D eigenvalue weighted by Crippen LogP contribution is 2.29. The maximum atomic E-state index is 14.6. The van der Waals surface area contributed by atoms with E-state index in [4.69, 9.17) is 9.47 Å². The molecular formula is C40H60FN9O4. The SMILES string of the molecule is CO[C@H]1CCN(c2nccc(Nc3cc4c(cn3)c(C(=O)NC3CCN(CCCCC5CCN(C(=O)OC(C)(C)C)CC5)CC3)cn4C(C)C)n2)C[C@H]1F. The van der Waals surface area contributed by atoms with Gasteiger partial charge in [0.25, 0.3) is 5.91 Å². The van der Waals surface area contributed by atoms with Crippen molar-refractivity contribution in [2.24, 2.45) is 5.92 Å². The van der Waals surface area contributed by atoms with Gasteiger partial charge in [-0.05, 0) is 91.7 Å². The molecule has 6 heterocycles. The lowest BCUT2D eigenvalue weighted by Gasteiger charge is -2.34. The molecule has 0 saturated carbocycles. The number of halogens is 1. The highest BCUT2D eigenvalue weighted by molar-refractivity contribution is 6.07. The summed E-state index contributed by atoms with van der Waals surface area (Å²) in [6.45, 7) is 15.3. The second-order valence-electron chi connectivity index (χ2n) is 16.5. The molecule has 3 aliphatic rings. The van der Waals surface area contributed by atoms with Crippen LogP contribution >= 0.6 is 0 Å². The lowest BCUT2D eigenvalue weighted by molar-refractivity contribution is 0.0180. The number of anilines is 3. The molecule has 0 spiro atoms. The van der Waals surface area contributed by atoms with Gasteiger partial charge in [0.1, 0.15) is 23.4 Å². The summed E-state index contributed by atoms with van der Waals surface area (Å²) in [5, 5.41) is 7.41. The number of amides is 2. The third kappa shape index (κ3) is 10.2. The van der Waals surface area contributed by atoms with Crippen molar-refractivity contribution in [3.8, 4) is 0 Å². The first-order chi connectivity index (χ1) is 25.9. The van der Waals surface area contributed by atoms with Crippen LogP contribution in [0.3, 0.4) is 0 Å². The van der Waals surface area contributed by atoms with Crippen molar-refractivity contribution >= 4 is 40.5 Å². The first-order valence-corrected chi connectivity index (χ1v) is 19.9. The number of hydrogen-bond acceptors (Lipinski definition) is 10. The Hall–Kier alpha value is -4.04. The fraction of sp³-hybridized carbons (Fsp3) is 0.675. The fourth-order valence-electron chi connectivity index (χ4n) is 7.92. The van der Waals surface area contributed by atoms with Gasteiger partial charge in [-0.25, -0.2) is 19.2 Å². The molecule has 3 saturated heterocycles. The van der Waals surface area contributed by atoms with E-state index < -0.39 is 17.9 Å². The molecule has 54 heavy (non-hydrogen) atoms. The summed E-state index contributed by atoms with van der Waals surface area (Å²) in [5.41, 5.74) is 1.08. The minimum atomic E-state index is -1.10. The standard InChI is InChI=1S/C40H60FN9O4/c1-27(2)50-25-31(30-24-43-36(23-33(30)50)45-35-10-16-42-38(46-35)49-22-15-34(53-6)32(41)26-49)37(51)44-29-13-18-47(19-14-29)17-8-7-9-28-11-20-48(21-12-28)39(52)54-40(3,4)5/h10,16,23-25,27-29,32,34H,7-9,11-15,17-22,26H2,1-6H3,(H,44,51)(H,42,43,45,46)/t32-,34+/m1/s1. The fourth-order valence-corrected chi connectivity index (χ4v) is 7.92. The van der Waals surface area contributed by atoms with Crippen molar-refractivity contribution in [3.05, 3.63) is 36.3 Å². The quantitative estimate of drug-likeness (QED) is 0.193. The van der Waals surface area contributed by atoms with Crippen molar-refractivity contribution in [1.29, 1.82) is 0 Å². The highest BCUT2D eigenvalue weighted by atomic mass is 19.1. The van der Waals surface area contributed by atoms with Gasteiger partial charge in [-0.1, -0.05) is 12.8 Å². The summed E-state index contributed by atoms with van der Waals surface area (Å²) < 4.78 is 27.4. The molecule has 3 aromatic rings. The van der Waals surface area contributed by atoms with Crippen LogP contribution in [0.25, 0.3) is 10.9 Å². The van der Waals surface area contributed by atoms with E-state index in [0.717, 1.165) is 69.3 Å². The second kappa shape index (κ2) is 17.6. The van der Waals surface area contributed by atoms with Gasteiger partial charge < -0.3 is 39.4 Å².